The number of imidazole rings is 1. The summed E-state index contributed by atoms with van der Waals surface area (Å²) < 4.78 is 29.9. The van der Waals surface area contributed by atoms with Gasteiger partial charge in [-0.25, -0.2) is 13.8 Å². The number of hydrogen-bond acceptors (Lipinski definition) is 3. The number of para-hydroxylation sites is 1. The fourth-order valence-corrected chi connectivity index (χ4v) is 4.65. The zero-order chi connectivity index (χ0) is 29.7. The van der Waals surface area contributed by atoms with E-state index in [1.165, 1.54) is 12.1 Å². The van der Waals surface area contributed by atoms with Crippen molar-refractivity contribution in [1.29, 1.82) is 0 Å². The van der Waals surface area contributed by atoms with E-state index in [0.29, 0.717) is 39.6 Å². The van der Waals surface area contributed by atoms with Gasteiger partial charge < -0.3 is 10.3 Å². The quantitative estimate of drug-likeness (QED) is 0.180. The van der Waals surface area contributed by atoms with Gasteiger partial charge in [0.25, 0.3) is 0 Å². The average molecular weight is 552 g/mol. The molecule has 3 N–H and O–H groups in total. The van der Waals surface area contributed by atoms with Crippen LogP contribution in [0.3, 0.4) is 0 Å². The number of fused-ring (bicyclic) bond motifs is 1. The van der Waals surface area contributed by atoms with Crippen LogP contribution in [0.5, 0.6) is 0 Å². The molecule has 5 nitrogen and oxygen atoms in total. The highest BCUT2D eigenvalue weighted by Gasteiger charge is 2.18. The van der Waals surface area contributed by atoms with Crippen molar-refractivity contribution in [2.75, 3.05) is 0 Å². The number of halogens is 2. The van der Waals surface area contributed by atoms with Gasteiger partial charge in [-0.2, -0.15) is 5.10 Å². The molecule has 0 atom stereocenters. The molecule has 0 fully saturated rings. The van der Waals surface area contributed by atoms with E-state index >= 15 is 4.39 Å². The molecule has 0 spiro atoms. The molecule has 0 radical (unpaired) electrons. The number of rotatable bonds is 10. The summed E-state index contributed by atoms with van der Waals surface area (Å²) in [4.78, 5) is 8.08. The molecule has 0 aliphatic rings. The Hall–Kier alpha value is -4.78. The van der Waals surface area contributed by atoms with E-state index < -0.39 is 5.83 Å². The van der Waals surface area contributed by atoms with E-state index in [1.54, 1.807) is 43.4 Å². The minimum atomic E-state index is -0.533. The summed E-state index contributed by atoms with van der Waals surface area (Å²) in [6.07, 6.45) is 7.81. The van der Waals surface area contributed by atoms with Gasteiger partial charge in [0, 0.05) is 22.5 Å². The van der Waals surface area contributed by atoms with E-state index in [9.17, 15) is 4.39 Å². The van der Waals surface area contributed by atoms with Crippen LogP contribution in [0.1, 0.15) is 34.1 Å². The van der Waals surface area contributed by atoms with Gasteiger partial charge in [0.15, 0.2) is 5.82 Å². The first-order chi connectivity index (χ1) is 19.7. The third kappa shape index (κ3) is 6.35. The molecule has 2 aromatic carbocycles. The Labute approximate surface area is 239 Å². The van der Waals surface area contributed by atoms with Gasteiger partial charge in [0.05, 0.1) is 21.6 Å². The van der Waals surface area contributed by atoms with E-state index in [-0.39, 0.29) is 16.6 Å². The summed E-state index contributed by atoms with van der Waals surface area (Å²) in [5, 5.41) is 11.4. The molecule has 2 heterocycles. The third-order valence-electron chi connectivity index (χ3n) is 6.63. The summed E-state index contributed by atoms with van der Waals surface area (Å²) in [5.74, 6) is -0.00911. The average Bonchev–Trinajstić information content (AvgIpc) is 3.58. The lowest BCUT2D eigenvalue weighted by Crippen LogP contribution is -2.26. The molecule has 0 unspecified atom stereocenters. The molecule has 0 aliphatic carbocycles. The van der Waals surface area contributed by atoms with Gasteiger partial charge in [0.2, 0.25) is 0 Å². The first-order valence-electron chi connectivity index (χ1n) is 13.5. The van der Waals surface area contributed by atoms with E-state index in [0.717, 1.165) is 28.8 Å². The predicted octanol–water partition coefficient (Wildman–Crippen LogP) is 7.36. The molecule has 7 heteroatoms. The topological polar surface area (TPSA) is 69.4 Å². The van der Waals surface area contributed by atoms with Gasteiger partial charge in [0.1, 0.15) is 17.3 Å². The van der Waals surface area contributed by atoms with Crippen molar-refractivity contribution in [1.82, 2.24) is 25.5 Å². The number of aromatic amines is 2. The van der Waals surface area contributed by atoms with Crippen LogP contribution in [-0.2, 0) is 0 Å². The monoisotopic (exact) mass is 551 g/mol. The largest absolute Gasteiger partial charge is 0.359 e. The van der Waals surface area contributed by atoms with Gasteiger partial charge >= 0.3 is 0 Å². The van der Waals surface area contributed by atoms with E-state index in [4.69, 9.17) is 4.98 Å². The summed E-state index contributed by atoms with van der Waals surface area (Å²) in [6.45, 7) is 19.9. The molecule has 0 bridgehead atoms. The van der Waals surface area contributed by atoms with Crippen LogP contribution in [0.4, 0.5) is 8.78 Å². The van der Waals surface area contributed by atoms with Crippen LogP contribution < -0.4 is 15.9 Å². The van der Waals surface area contributed by atoms with Crippen LogP contribution in [0, 0.1) is 11.7 Å². The van der Waals surface area contributed by atoms with Gasteiger partial charge in [-0.3, -0.25) is 5.10 Å². The van der Waals surface area contributed by atoms with Crippen LogP contribution in [-0.4, -0.2) is 20.2 Å². The van der Waals surface area contributed by atoms with Crippen LogP contribution in [0.25, 0.3) is 45.6 Å². The molecule has 4 rings (SSSR count). The Morgan fingerprint density at radius 1 is 1.10 bits per heavy atom. The van der Waals surface area contributed by atoms with Crippen LogP contribution in [0.15, 0.2) is 103 Å². The smallest absolute Gasteiger partial charge is 0.159 e. The number of nitrogens with one attached hydrogen (secondary N) is 3. The number of aromatic nitrogens is 4. The zero-order valence-corrected chi connectivity index (χ0v) is 23.9. The Morgan fingerprint density at radius 3 is 2.46 bits per heavy atom. The Balaban J connectivity index is 1.80. The SMILES string of the molecule is C=C/C(=C\C(=C/C)C(=C)/C(F)=c1/c(-c2nc3c(-c4ccc(F)cc4)cccc3[nH]2)n[nH]/c1=C/C)NC(=C)CC(C)C. The number of H-pyrrole nitrogens is 2. The van der Waals surface area contributed by atoms with E-state index in [2.05, 4.69) is 54.1 Å². The molecule has 0 saturated heterocycles. The third-order valence-corrected chi connectivity index (χ3v) is 6.63. The lowest BCUT2D eigenvalue weighted by atomic mass is 10.0. The summed E-state index contributed by atoms with van der Waals surface area (Å²) in [7, 11) is 0. The Bertz CT molecular complexity index is 1800. The summed E-state index contributed by atoms with van der Waals surface area (Å²) in [6, 6.07) is 11.9. The molecule has 0 amide bonds. The second kappa shape index (κ2) is 12.6. The molecular formula is C34H35F2N5. The fourth-order valence-electron chi connectivity index (χ4n) is 4.65. The normalized spacial score (nSPS) is 13.6. The first-order valence-corrected chi connectivity index (χ1v) is 13.5. The van der Waals surface area contributed by atoms with E-state index in [1.807, 2.05) is 25.1 Å². The molecule has 210 valence electrons. The minimum absolute atomic E-state index is 0.192. The summed E-state index contributed by atoms with van der Waals surface area (Å²) in [5.41, 5.74) is 5.70. The molecule has 2 aromatic heterocycles. The lowest BCUT2D eigenvalue weighted by molar-refractivity contribution is 0.622. The fraction of sp³-hybridized carbons (Fsp3) is 0.176. The minimum Gasteiger partial charge on any atom is -0.359 e. The Kier molecular flexibility index (Phi) is 8.97. The second-order valence-corrected chi connectivity index (χ2v) is 10.1. The van der Waals surface area contributed by atoms with Crippen LogP contribution in [0.2, 0.25) is 0 Å². The molecule has 0 saturated carbocycles. The van der Waals surface area contributed by atoms with Crippen molar-refractivity contribution < 1.29 is 8.78 Å². The number of benzene rings is 2. The molecule has 0 aliphatic heterocycles. The zero-order valence-electron chi connectivity index (χ0n) is 23.9. The maximum Gasteiger partial charge on any atom is 0.159 e. The maximum absolute atomic E-state index is 16.3. The van der Waals surface area contributed by atoms with Gasteiger partial charge in [-0.1, -0.05) is 70.0 Å². The number of nitrogens with zero attached hydrogens (tertiary/aromatic N) is 2. The van der Waals surface area contributed by atoms with Crippen LogP contribution >= 0.6 is 0 Å². The van der Waals surface area contributed by atoms with Gasteiger partial charge in [-0.05, 0) is 67.7 Å². The van der Waals surface area contributed by atoms with Crippen molar-refractivity contribution in [3.8, 4) is 22.6 Å². The standard InChI is InChI=1S/C34H35F2N5/c1-8-23(19-26(9-2)37-21(6)18-20(4)5)22(7)31(36)30-28(10-3)40-41-33(30)34-38-29-13-11-12-27(32(29)39-34)24-14-16-25(35)17-15-24/h8-17,19-20,37,40H,2,6-7,18H2,1,3-5H3,(H,38,39)/b23-8+,26-19+,28-10+,31-30-. The predicted molar refractivity (Wildman–Crippen MR) is 166 cm³/mol. The van der Waals surface area contributed by atoms with Crippen molar-refractivity contribution in [3.63, 3.8) is 0 Å². The highest BCUT2D eigenvalue weighted by atomic mass is 19.1. The molecule has 4 aromatic rings. The van der Waals surface area contributed by atoms with Crippen molar-refractivity contribution in [2.45, 2.75) is 34.1 Å². The van der Waals surface area contributed by atoms with Gasteiger partial charge in [-0.15, -0.1) is 0 Å². The maximum atomic E-state index is 16.3. The Morgan fingerprint density at radius 2 is 1.83 bits per heavy atom. The van der Waals surface area contributed by atoms with Crippen molar-refractivity contribution >= 4 is 22.9 Å². The van der Waals surface area contributed by atoms with Crippen molar-refractivity contribution in [2.24, 2.45) is 5.92 Å². The highest BCUT2D eigenvalue weighted by molar-refractivity contribution is 5.93. The number of allylic oxidation sites excluding steroid dienone is 6. The number of hydrogen-bond donors (Lipinski definition) is 3. The molecular weight excluding hydrogens is 516 g/mol. The lowest BCUT2D eigenvalue weighted by Gasteiger charge is -2.13. The first kappa shape index (κ1) is 29.2. The molecule has 41 heavy (non-hydrogen) atoms. The summed E-state index contributed by atoms with van der Waals surface area (Å²) >= 11 is 0. The van der Waals surface area contributed by atoms with Crippen molar-refractivity contribution in [3.05, 3.63) is 119 Å². The second-order valence-electron chi connectivity index (χ2n) is 10.1. The highest BCUT2D eigenvalue weighted by Crippen LogP contribution is 2.29.